The summed E-state index contributed by atoms with van der Waals surface area (Å²) in [6.07, 6.45) is 2.92. The zero-order valence-electron chi connectivity index (χ0n) is 14.1. The SMILES string of the molecule is CN=C(NCCCN1C(=O)COc2ccccc21)NCCSC.I. The molecule has 0 bridgehead atoms. The Labute approximate surface area is 164 Å². The van der Waals surface area contributed by atoms with Gasteiger partial charge in [-0.1, -0.05) is 12.1 Å². The summed E-state index contributed by atoms with van der Waals surface area (Å²) in [6, 6.07) is 7.65. The number of nitrogens with zero attached hydrogens (tertiary/aromatic N) is 2. The van der Waals surface area contributed by atoms with E-state index in [1.807, 2.05) is 24.3 Å². The number of rotatable bonds is 7. The number of ether oxygens (including phenoxy) is 1. The van der Waals surface area contributed by atoms with Crippen molar-refractivity contribution in [2.75, 3.05) is 50.2 Å². The van der Waals surface area contributed by atoms with Crippen molar-refractivity contribution in [2.45, 2.75) is 6.42 Å². The highest BCUT2D eigenvalue weighted by Crippen LogP contribution is 2.31. The van der Waals surface area contributed by atoms with Crippen LogP contribution in [0.3, 0.4) is 0 Å². The van der Waals surface area contributed by atoms with Crippen molar-refractivity contribution in [2.24, 2.45) is 4.99 Å². The summed E-state index contributed by atoms with van der Waals surface area (Å²) in [5, 5.41) is 6.52. The molecule has 1 amide bonds. The topological polar surface area (TPSA) is 66.0 Å². The minimum absolute atomic E-state index is 0. The second-order valence-corrected chi connectivity index (χ2v) is 6.06. The third-order valence-electron chi connectivity index (χ3n) is 3.48. The molecule has 1 aliphatic heterocycles. The molecule has 2 rings (SSSR count). The Balaban J connectivity index is 0.00000288. The van der Waals surface area contributed by atoms with E-state index in [0.29, 0.717) is 6.54 Å². The summed E-state index contributed by atoms with van der Waals surface area (Å²) in [5.41, 5.74) is 0.853. The van der Waals surface area contributed by atoms with Crippen molar-refractivity contribution in [3.8, 4) is 5.75 Å². The first-order chi connectivity index (χ1) is 11.3. The number of fused-ring (bicyclic) bond motifs is 1. The van der Waals surface area contributed by atoms with E-state index >= 15 is 0 Å². The quantitative estimate of drug-likeness (QED) is 0.280. The summed E-state index contributed by atoms with van der Waals surface area (Å²) in [6.45, 7) is 2.41. The van der Waals surface area contributed by atoms with E-state index in [1.165, 1.54) is 0 Å². The normalized spacial score (nSPS) is 13.7. The van der Waals surface area contributed by atoms with Crippen LogP contribution in [0.4, 0.5) is 5.69 Å². The van der Waals surface area contributed by atoms with Crippen molar-refractivity contribution in [1.29, 1.82) is 0 Å². The number of guanidine groups is 1. The van der Waals surface area contributed by atoms with Gasteiger partial charge < -0.3 is 20.3 Å². The van der Waals surface area contributed by atoms with E-state index in [9.17, 15) is 4.79 Å². The molecule has 8 heteroatoms. The van der Waals surface area contributed by atoms with Crippen molar-refractivity contribution < 1.29 is 9.53 Å². The Kier molecular flexibility index (Phi) is 9.92. The number of halogens is 1. The molecule has 1 aromatic carbocycles. The average molecular weight is 464 g/mol. The second kappa shape index (κ2) is 11.4. The summed E-state index contributed by atoms with van der Waals surface area (Å²) in [5.74, 6) is 2.62. The van der Waals surface area contributed by atoms with Gasteiger partial charge in [0.25, 0.3) is 5.91 Å². The molecular formula is C16H25IN4O2S. The molecule has 0 radical (unpaired) electrons. The third kappa shape index (κ3) is 6.04. The van der Waals surface area contributed by atoms with Crippen molar-refractivity contribution in [3.63, 3.8) is 0 Å². The van der Waals surface area contributed by atoms with Crippen LogP contribution in [-0.4, -0.2) is 57.2 Å². The average Bonchev–Trinajstić information content (AvgIpc) is 2.58. The number of hydrogen-bond donors (Lipinski definition) is 2. The maximum Gasteiger partial charge on any atom is 0.265 e. The number of carbonyl (C=O) groups excluding carboxylic acids is 1. The Bertz CT molecular complexity index is 557. The second-order valence-electron chi connectivity index (χ2n) is 5.07. The summed E-state index contributed by atoms with van der Waals surface area (Å²) in [4.78, 5) is 18.0. The Morgan fingerprint density at radius 2 is 2.08 bits per heavy atom. The van der Waals surface area contributed by atoms with Gasteiger partial charge in [-0.2, -0.15) is 11.8 Å². The highest BCUT2D eigenvalue weighted by atomic mass is 127. The number of aliphatic imine (C=N–C) groups is 1. The fourth-order valence-corrected chi connectivity index (χ4v) is 2.64. The number of nitrogens with one attached hydrogen (secondary N) is 2. The maximum absolute atomic E-state index is 12.1. The highest BCUT2D eigenvalue weighted by Gasteiger charge is 2.24. The highest BCUT2D eigenvalue weighted by molar-refractivity contribution is 14.0. The molecule has 0 saturated carbocycles. The van der Waals surface area contributed by atoms with Crippen LogP contribution in [0.5, 0.6) is 5.75 Å². The molecule has 2 N–H and O–H groups in total. The zero-order chi connectivity index (χ0) is 16.5. The monoisotopic (exact) mass is 464 g/mol. The van der Waals surface area contributed by atoms with Gasteiger partial charge in [0, 0.05) is 32.4 Å². The minimum Gasteiger partial charge on any atom is -0.482 e. The number of anilines is 1. The lowest BCUT2D eigenvalue weighted by atomic mass is 10.2. The Morgan fingerprint density at radius 3 is 2.83 bits per heavy atom. The van der Waals surface area contributed by atoms with Crippen molar-refractivity contribution in [1.82, 2.24) is 10.6 Å². The van der Waals surface area contributed by atoms with Crippen LogP contribution in [0.15, 0.2) is 29.3 Å². The standard InChI is InChI=1S/C16H24N4O2S.HI/c1-17-16(19-9-11-23-2)18-8-5-10-20-13-6-3-4-7-14(13)22-12-15(20)21;/h3-4,6-7H,5,8-12H2,1-2H3,(H2,17,18,19);1H. The largest absolute Gasteiger partial charge is 0.482 e. The van der Waals surface area contributed by atoms with E-state index in [1.54, 1.807) is 23.7 Å². The molecule has 1 aromatic rings. The minimum atomic E-state index is 0. The maximum atomic E-state index is 12.1. The number of thioether (sulfide) groups is 1. The van der Waals surface area contributed by atoms with Crippen LogP contribution in [0.25, 0.3) is 0 Å². The van der Waals surface area contributed by atoms with Crippen LogP contribution in [0.2, 0.25) is 0 Å². The van der Waals surface area contributed by atoms with Gasteiger partial charge in [-0.05, 0) is 24.8 Å². The lowest BCUT2D eigenvalue weighted by molar-refractivity contribution is -0.121. The first kappa shape index (κ1) is 20.9. The molecule has 24 heavy (non-hydrogen) atoms. The summed E-state index contributed by atoms with van der Waals surface area (Å²) < 4.78 is 5.44. The van der Waals surface area contributed by atoms with Gasteiger partial charge in [0.1, 0.15) is 5.75 Å². The molecule has 1 heterocycles. The number of amides is 1. The van der Waals surface area contributed by atoms with Crippen LogP contribution >= 0.6 is 35.7 Å². The van der Waals surface area contributed by atoms with E-state index in [4.69, 9.17) is 4.74 Å². The molecular weight excluding hydrogens is 439 g/mol. The zero-order valence-corrected chi connectivity index (χ0v) is 17.2. The van der Waals surface area contributed by atoms with Gasteiger partial charge in [-0.25, -0.2) is 0 Å². The van der Waals surface area contributed by atoms with E-state index in [0.717, 1.165) is 42.7 Å². The first-order valence-corrected chi connectivity index (χ1v) is 9.11. The fraction of sp³-hybridized carbons (Fsp3) is 0.500. The molecule has 0 aromatic heterocycles. The molecule has 0 saturated heterocycles. The number of para-hydroxylation sites is 2. The first-order valence-electron chi connectivity index (χ1n) is 7.72. The van der Waals surface area contributed by atoms with Gasteiger partial charge >= 0.3 is 0 Å². The number of hydrogen-bond acceptors (Lipinski definition) is 4. The smallest absolute Gasteiger partial charge is 0.265 e. The number of carbonyl (C=O) groups is 1. The summed E-state index contributed by atoms with van der Waals surface area (Å²) in [7, 11) is 1.76. The molecule has 0 fully saturated rings. The van der Waals surface area contributed by atoms with Crippen molar-refractivity contribution in [3.05, 3.63) is 24.3 Å². The number of benzene rings is 1. The Morgan fingerprint density at radius 1 is 1.33 bits per heavy atom. The molecule has 6 nitrogen and oxygen atoms in total. The Hall–Kier alpha value is -1.16. The van der Waals surface area contributed by atoms with Gasteiger partial charge in [-0.3, -0.25) is 9.79 Å². The van der Waals surface area contributed by atoms with Crippen LogP contribution in [0.1, 0.15) is 6.42 Å². The van der Waals surface area contributed by atoms with E-state index < -0.39 is 0 Å². The fourth-order valence-electron chi connectivity index (χ4n) is 2.34. The van der Waals surface area contributed by atoms with Crippen molar-refractivity contribution >= 4 is 53.3 Å². The van der Waals surface area contributed by atoms with E-state index in [2.05, 4.69) is 21.9 Å². The molecule has 0 aliphatic carbocycles. The lowest BCUT2D eigenvalue weighted by Gasteiger charge is -2.29. The molecule has 134 valence electrons. The van der Waals surface area contributed by atoms with Crippen LogP contribution in [-0.2, 0) is 4.79 Å². The summed E-state index contributed by atoms with van der Waals surface area (Å²) >= 11 is 1.79. The van der Waals surface area contributed by atoms with Gasteiger partial charge in [0.2, 0.25) is 0 Å². The molecule has 1 aliphatic rings. The molecule has 0 spiro atoms. The van der Waals surface area contributed by atoms with Gasteiger partial charge in [0.15, 0.2) is 12.6 Å². The predicted molar refractivity (Wildman–Crippen MR) is 112 cm³/mol. The third-order valence-corrected chi connectivity index (χ3v) is 4.09. The van der Waals surface area contributed by atoms with Gasteiger partial charge in [0.05, 0.1) is 5.69 Å². The van der Waals surface area contributed by atoms with Crippen LogP contribution < -0.4 is 20.3 Å². The van der Waals surface area contributed by atoms with Gasteiger partial charge in [-0.15, -0.1) is 24.0 Å². The van der Waals surface area contributed by atoms with E-state index in [-0.39, 0.29) is 36.5 Å². The predicted octanol–water partition coefficient (Wildman–Crippen LogP) is 1.95. The molecule has 0 atom stereocenters. The molecule has 0 unspecified atom stereocenters. The lowest BCUT2D eigenvalue weighted by Crippen LogP contribution is -2.42. The van der Waals surface area contributed by atoms with Crippen LogP contribution in [0, 0.1) is 0 Å².